The van der Waals surface area contributed by atoms with Crippen LogP contribution in [0.15, 0.2) is 0 Å². The zero-order valence-electron chi connectivity index (χ0n) is 10.8. The summed E-state index contributed by atoms with van der Waals surface area (Å²) in [6, 6.07) is 0. The molecule has 0 heterocycles. The molecule has 0 saturated carbocycles. The number of hydrogen-bond donors (Lipinski definition) is 0. The van der Waals surface area contributed by atoms with E-state index >= 15 is 0 Å². The molecule has 0 aromatic rings. The van der Waals surface area contributed by atoms with Gasteiger partial charge in [-0.2, -0.15) is 0 Å². The van der Waals surface area contributed by atoms with Crippen LogP contribution in [0, 0.1) is 0 Å². The third-order valence-electron chi connectivity index (χ3n) is 1.39. The fourth-order valence-electron chi connectivity index (χ4n) is 1.12. The van der Waals surface area contributed by atoms with Crippen LogP contribution in [0.3, 0.4) is 0 Å². The van der Waals surface area contributed by atoms with Crippen LogP contribution in [0.1, 0.15) is 20.8 Å². The molecular formula is C9H24O4SiTi. The Kier molecular flexibility index (Phi) is 7.53. The Morgan fingerprint density at radius 2 is 1.13 bits per heavy atom. The standard InChI is InChI=1S/C3H9OSi.3C2H5O.Ti/c1-5(2,3)4;3*1-2-3;/h1-3H3;3*2H2,1H3;/q4*-1;+4. The van der Waals surface area contributed by atoms with Crippen molar-refractivity contribution in [1.82, 2.24) is 0 Å². The minimum absolute atomic E-state index is 0.574. The van der Waals surface area contributed by atoms with E-state index in [0.717, 1.165) is 0 Å². The molecule has 0 rings (SSSR count). The van der Waals surface area contributed by atoms with Gasteiger partial charge in [-0.3, -0.25) is 0 Å². The van der Waals surface area contributed by atoms with Gasteiger partial charge >= 0.3 is 99.7 Å². The van der Waals surface area contributed by atoms with Gasteiger partial charge < -0.3 is 0 Å². The summed E-state index contributed by atoms with van der Waals surface area (Å²) in [6.45, 7) is 13.9. The van der Waals surface area contributed by atoms with Gasteiger partial charge in [-0.15, -0.1) is 0 Å². The molecule has 0 saturated heterocycles. The molecule has 0 aliphatic carbocycles. The molecule has 4 nitrogen and oxygen atoms in total. The fraction of sp³-hybridized carbons (Fsp3) is 1.00. The number of hydrogen-bond acceptors (Lipinski definition) is 4. The third-order valence-corrected chi connectivity index (χ3v) is 9.31. The van der Waals surface area contributed by atoms with Gasteiger partial charge in [0.15, 0.2) is 0 Å². The van der Waals surface area contributed by atoms with Crippen LogP contribution in [0.2, 0.25) is 19.6 Å². The van der Waals surface area contributed by atoms with Gasteiger partial charge in [-0.25, -0.2) is 0 Å². The average Bonchev–Trinajstić information content (AvgIpc) is 2.01. The van der Waals surface area contributed by atoms with Gasteiger partial charge in [0, 0.05) is 0 Å². The van der Waals surface area contributed by atoms with E-state index in [2.05, 4.69) is 19.6 Å². The van der Waals surface area contributed by atoms with E-state index in [4.69, 9.17) is 13.0 Å². The van der Waals surface area contributed by atoms with E-state index in [1.807, 2.05) is 20.8 Å². The molecule has 0 amide bonds. The molecule has 0 unspecified atom stereocenters. The first-order valence-corrected chi connectivity index (χ1v) is 11.5. The van der Waals surface area contributed by atoms with Crippen molar-refractivity contribution >= 4 is 8.32 Å². The Balaban J connectivity index is 4.60. The molecule has 0 aromatic carbocycles. The first-order valence-electron chi connectivity index (χ1n) is 5.51. The van der Waals surface area contributed by atoms with Gasteiger partial charge in [0.25, 0.3) is 0 Å². The Hall–Kier alpha value is 0.771. The number of rotatable bonds is 8. The van der Waals surface area contributed by atoms with E-state index < -0.39 is 26.5 Å². The summed E-state index contributed by atoms with van der Waals surface area (Å²) in [5, 5.41) is 0. The van der Waals surface area contributed by atoms with Gasteiger partial charge in [0.1, 0.15) is 0 Å². The Labute approximate surface area is 99.6 Å². The van der Waals surface area contributed by atoms with Gasteiger partial charge in [-0.05, 0) is 0 Å². The molecule has 0 aliphatic rings. The van der Waals surface area contributed by atoms with Crippen LogP contribution in [-0.2, 0) is 31.1 Å². The topological polar surface area (TPSA) is 36.9 Å². The van der Waals surface area contributed by atoms with E-state index in [1.54, 1.807) is 0 Å². The van der Waals surface area contributed by atoms with Crippen molar-refractivity contribution in [2.75, 3.05) is 19.8 Å². The normalized spacial score (nSPS) is 13.2. The molecule has 0 spiro atoms. The van der Waals surface area contributed by atoms with Crippen LogP contribution in [0.5, 0.6) is 0 Å². The van der Waals surface area contributed by atoms with E-state index in [-0.39, 0.29) is 0 Å². The molecule has 0 N–H and O–H groups in total. The molecular weight excluding hydrogens is 248 g/mol. The SMILES string of the molecule is CC[O][Ti]([O]CC)([O]CC)[O][Si](C)(C)C. The van der Waals surface area contributed by atoms with Crippen molar-refractivity contribution < 1.29 is 31.1 Å². The third kappa shape index (κ3) is 6.84. The Bertz CT molecular complexity index is 155. The Morgan fingerprint density at radius 3 is 1.33 bits per heavy atom. The van der Waals surface area contributed by atoms with Crippen molar-refractivity contribution in [3.63, 3.8) is 0 Å². The van der Waals surface area contributed by atoms with E-state index in [0.29, 0.717) is 19.8 Å². The van der Waals surface area contributed by atoms with Crippen LogP contribution >= 0.6 is 0 Å². The summed E-state index contributed by atoms with van der Waals surface area (Å²) in [5.74, 6) is 0. The van der Waals surface area contributed by atoms with Crippen molar-refractivity contribution in [2.24, 2.45) is 0 Å². The zero-order chi connectivity index (χ0) is 11.9. The molecule has 15 heavy (non-hydrogen) atoms. The summed E-state index contributed by atoms with van der Waals surface area (Å²) in [5.41, 5.74) is 0. The predicted octanol–water partition coefficient (Wildman–Crippen LogP) is 2.76. The first kappa shape index (κ1) is 15.8. The predicted molar refractivity (Wildman–Crippen MR) is 59.3 cm³/mol. The summed E-state index contributed by atoms with van der Waals surface area (Å²) < 4.78 is 22.9. The first-order chi connectivity index (χ1) is 6.89. The second-order valence-electron chi connectivity index (χ2n) is 4.01. The monoisotopic (exact) mass is 272 g/mol. The van der Waals surface area contributed by atoms with E-state index in [1.165, 1.54) is 0 Å². The molecule has 0 aromatic heterocycles. The van der Waals surface area contributed by atoms with Crippen molar-refractivity contribution in [1.29, 1.82) is 0 Å². The van der Waals surface area contributed by atoms with E-state index in [9.17, 15) is 0 Å². The average molecular weight is 272 g/mol. The zero-order valence-corrected chi connectivity index (χ0v) is 13.3. The molecule has 6 heteroatoms. The van der Waals surface area contributed by atoms with Crippen LogP contribution in [0.4, 0.5) is 0 Å². The van der Waals surface area contributed by atoms with Crippen molar-refractivity contribution in [3.8, 4) is 0 Å². The summed E-state index contributed by atoms with van der Waals surface area (Å²) in [7, 11) is -1.70. The Morgan fingerprint density at radius 1 is 0.800 bits per heavy atom. The van der Waals surface area contributed by atoms with Gasteiger partial charge in [0.05, 0.1) is 0 Å². The molecule has 0 atom stereocenters. The van der Waals surface area contributed by atoms with Crippen molar-refractivity contribution in [2.45, 2.75) is 40.4 Å². The molecule has 0 fully saturated rings. The second-order valence-corrected chi connectivity index (χ2v) is 12.3. The van der Waals surface area contributed by atoms with Gasteiger partial charge in [0.2, 0.25) is 0 Å². The van der Waals surface area contributed by atoms with Crippen LogP contribution < -0.4 is 0 Å². The molecule has 0 bridgehead atoms. The fourth-order valence-corrected chi connectivity index (χ4v) is 8.43. The summed E-state index contributed by atoms with van der Waals surface area (Å²) in [6.07, 6.45) is 0. The van der Waals surface area contributed by atoms with Crippen LogP contribution in [0.25, 0.3) is 0 Å². The molecule has 0 aliphatic heterocycles. The summed E-state index contributed by atoms with van der Waals surface area (Å²) in [4.78, 5) is 0. The van der Waals surface area contributed by atoms with Crippen LogP contribution in [-0.4, -0.2) is 28.1 Å². The van der Waals surface area contributed by atoms with Gasteiger partial charge in [-0.1, -0.05) is 0 Å². The quantitative estimate of drug-likeness (QED) is 0.637. The minimum atomic E-state index is -3.42. The maximum atomic E-state index is 6.01. The maximum absolute atomic E-state index is 6.01. The molecule has 0 radical (unpaired) electrons. The second kappa shape index (κ2) is 7.17. The molecule has 92 valence electrons. The summed E-state index contributed by atoms with van der Waals surface area (Å²) >= 11 is -3.42. The van der Waals surface area contributed by atoms with Crippen molar-refractivity contribution in [3.05, 3.63) is 0 Å².